The Balaban J connectivity index is 1.44. The van der Waals surface area contributed by atoms with Crippen LogP contribution in [0.15, 0.2) is 48.5 Å². The number of benzene rings is 2. The Morgan fingerprint density at radius 1 is 1.00 bits per heavy atom. The lowest BCUT2D eigenvalue weighted by Crippen LogP contribution is -2.33. The molecule has 1 amide bonds. The molecule has 2 aliphatic heterocycles. The average Bonchev–Trinajstić information content (AvgIpc) is 3.16. The van der Waals surface area contributed by atoms with Crippen LogP contribution in [0.3, 0.4) is 0 Å². The fourth-order valence-corrected chi connectivity index (χ4v) is 4.01. The van der Waals surface area contributed by atoms with E-state index in [1.165, 1.54) is 31.4 Å². The molecule has 0 N–H and O–H groups in total. The Kier molecular flexibility index (Phi) is 6.33. The number of hydrogen-bond acceptors (Lipinski definition) is 4. The average molecular weight is 410 g/mol. The second kappa shape index (κ2) is 9.30. The van der Waals surface area contributed by atoms with Gasteiger partial charge >= 0.3 is 0 Å². The van der Waals surface area contributed by atoms with E-state index in [4.69, 9.17) is 9.47 Å². The van der Waals surface area contributed by atoms with Crippen molar-refractivity contribution in [2.75, 3.05) is 44.8 Å². The quantitative estimate of drug-likeness (QED) is 0.688. The van der Waals surface area contributed by atoms with Gasteiger partial charge in [-0.1, -0.05) is 24.6 Å². The monoisotopic (exact) mass is 410 g/mol. The van der Waals surface area contributed by atoms with Crippen molar-refractivity contribution in [1.29, 1.82) is 0 Å². The first-order valence-corrected chi connectivity index (χ1v) is 10.5. The summed E-state index contributed by atoms with van der Waals surface area (Å²) in [6.07, 6.45) is 5.68. The molecule has 2 aliphatic rings. The zero-order valence-corrected chi connectivity index (χ0v) is 17.3. The molecule has 0 unspecified atom stereocenters. The second-order valence-corrected chi connectivity index (χ2v) is 7.63. The molecule has 6 heteroatoms. The predicted octanol–water partition coefficient (Wildman–Crippen LogP) is 4.13. The maximum Gasteiger partial charge on any atom is 0.258 e. The molecule has 158 valence electrons. The lowest BCUT2D eigenvalue weighted by atomic mass is 10.1. The summed E-state index contributed by atoms with van der Waals surface area (Å²) in [7, 11) is 1.61. The number of carbonyl (C=O) groups is 1. The van der Waals surface area contributed by atoms with Crippen LogP contribution in [0.5, 0.6) is 11.5 Å². The number of ether oxygens (including phenoxy) is 2. The van der Waals surface area contributed by atoms with Gasteiger partial charge in [0, 0.05) is 30.4 Å². The van der Waals surface area contributed by atoms with Crippen molar-refractivity contribution < 1.29 is 18.7 Å². The van der Waals surface area contributed by atoms with Crippen molar-refractivity contribution in [3.63, 3.8) is 0 Å². The lowest BCUT2D eigenvalue weighted by Gasteiger charge is -2.26. The molecular weight excluding hydrogens is 383 g/mol. The van der Waals surface area contributed by atoms with E-state index in [0.29, 0.717) is 30.2 Å². The minimum absolute atomic E-state index is 0.106. The van der Waals surface area contributed by atoms with Gasteiger partial charge in [-0.3, -0.25) is 9.69 Å². The Labute approximate surface area is 176 Å². The summed E-state index contributed by atoms with van der Waals surface area (Å²) in [6.45, 7) is 4.17. The number of rotatable bonds is 7. The fraction of sp³-hybridized carbons (Fsp3) is 0.375. The lowest BCUT2D eigenvalue weighted by molar-refractivity contribution is -0.112. The van der Waals surface area contributed by atoms with Gasteiger partial charge in [-0.15, -0.1) is 0 Å². The highest BCUT2D eigenvalue weighted by Crippen LogP contribution is 2.35. The van der Waals surface area contributed by atoms with E-state index in [-0.39, 0.29) is 11.7 Å². The van der Waals surface area contributed by atoms with Crippen LogP contribution < -0.4 is 14.4 Å². The summed E-state index contributed by atoms with van der Waals surface area (Å²) in [5.74, 6) is 0.861. The third-order valence-corrected chi connectivity index (χ3v) is 5.68. The Morgan fingerprint density at radius 2 is 1.77 bits per heavy atom. The zero-order valence-electron chi connectivity index (χ0n) is 17.3. The van der Waals surface area contributed by atoms with Crippen LogP contribution in [0.2, 0.25) is 0 Å². The Hall–Kier alpha value is -2.86. The van der Waals surface area contributed by atoms with Crippen LogP contribution >= 0.6 is 0 Å². The highest BCUT2D eigenvalue weighted by molar-refractivity contribution is 6.28. The van der Waals surface area contributed by atoms with Crippen LogP contribution in [0.1, 0.15) is 24.8 Å². The molecule has 2 heterocycles. The zero-order chi connectivity index (χ0) is 20.9. The number of nitrogens with zero attached hydrogens (tertiary/aromatic N) is 2. The van der Waals surface area contributed by atoms with Crippen molar-refractivity contribution in [3.8, 4) is 11.5 Å². The van der Waals surface area contributed by atoms with Crippen LogP contribution in [0, 0.1) is 5.82 Å². The first-order valence-electron chi connectivity index (χ1n) is 10.5. The molecule has 5 nitrogen and oxygen atoms in total. The summed E-state index contributed by atoms with van der Waals surface area (Å²) in [5.41, 5.74) is 2.05. The number of likely N-dealkylation sites (tertiary alicyclic amines) is 1. The second-order valence-electron chi connectivity index (χ2n) is 7.63. The van der Waals surface area contributed by atoms with Crippen molar-refractivity contribution >= 4 is 17.2 Å². The standard InChI is InChI=1S/C24H27FN2O3/c1-29-22-10-9-20(17-23(22)30-16-15-26-12-3-2-4-13-26)27-14-11-21(24(27)28)18-5-7-19(25)8-6-18/h5-11,17H,2-4,12-16H2,1H3. The van der Waals surface area contributed by atoms with E-state index in [2.05, 4.69) is 4.90 Å². The van der Waals surface area contributed by atoms with Gasteiger partial charge in [0.15, 0.2) is 11.5 Å². The summed E-state index contributed by atoms with van der Waals surface area (Å²) in [6, 6.07) is 11.5. The molecule has 0 atom stereocenters. The SMILES string of the molecule is COc1ccc(N2CC=C(c3ccc(F)cc3)C2=O)cc1OCCN1CCCCC1. The molecule has 0 spiro atoms. The van der Waals surface area contributed by atoms with Crippen LogP contribution in [0.25, 0.3) is 5.57 Å². The fourth-order valence-electron chi connectivity index (χ4n) is 4.01. The Bertz CT molecular complexity index is 921. The number of carbonyl (C=O) groups excluding carboxylic acids is 1. The molecule has 2 aromatic rings. The van der Waals surface area contributed by atoms with Gasteiger partial charge in [-0.05, 0) is 55.8 Å². The molecule has 0 aliphatic carbocycles. The summed E-state index contributed by atoms with van der Waals surface area (Å²) in [5, 5.41) is 0. The molecular formula is C24H27FN2O3. The highest BCUT2D eigenvalue weighted by atomic mass is 19.1. The third-order valence-electron chi connectivity index (χ3n) is 5.68. The molecule has 1 saturated heterocycles. The predicted molar refractivity (Wildman–Crippen MR) is 116 cm³/mol. The normalized spacial score (nSPS) is 17.2. The minimum Gasteiger partial charge on any atom is -0.493 e. The third kappa shape index (κ3) is 4.49. The van der Waals surface area contributed by atoms with Gasteiger partial charge in [0.1, 0.15) is 12.4 Å². The number of methoxy groups -OCH3 is 1. The van der Waals surface area contributed by atoms with Gasteiger partial charge in [0.05, 0.1) is 7.11 Å². The van der Waals surface area contributed by atoms with E-state index in [0.717, 1.165) is 30.9 Å². The molecule has 0 aromatic heterocycles. The molecule has 2 aromatic carbocycles. The number of halogens is 1. The molecule has 1 fully saturated rings. The van der Waals surface area contributed by atoms with Crippen LogP contribution in [-0.2, 0) is 4.79 Å². The molecule has 0 radical (unpaired) electrons. The Morgan fingerprint density at radius 3 is 2.50 bits per heavy atom. The van der Waals surface area contributed by atoms with Crippen molar-refractivity contribution in [2.45, 2.75) is 19.3 Å². The number of piperidine rings is 1. The summed E-state index contributed by atoms with van der Waals surface area (Å²) in [4.78, 5) is 17.1. The van der Waals surface area contributed by atoms with Crippen LogP contribution in [-0.4, -0.2) is 50.7 Å². The van der Waals surface area contributed by atoms with Gasteiger partial charge < -0.3 is 14.4 Å². The number of amides is 1. The van der Waals surface area contributed by atoms with Crippen molar-refractivity contribution in [1.82, 2.24) is 4.90 Å². The summed E-state index contributed by atoms with van der Waals surface area (Å²) >= 11 is 0. The van der Waals surface area contributed by atoms with Crippen molar-refractivity contribution in [3.05, 3.63) is 59.9 Å². The first kappa shape index (κ1) is 20.4. The highest BCUT2D eigenvalue weighted by Gasteiger charge is 2.27. The van der Waals surface area contributed by atoms with Crippen molar-refractivity contribution in [2.24, 2.45) is 0 Å². The van der Waals surface area contributed by atoms with Gasteiger partial charge in [0.25, 0.3) is 5.91 Å². The van der Waals surface area contributed by atoms with Gasteiger partial charge in [-0.2, -0.15) is 0 Å². The van der Waals surface area contributed by atoms with E-state index in [1.54, 1.807) is 24.1 Å². The molecule has 0 saturated carbocycles. The van der Waals surface area contributed by atoms with Gasteiger partial charge in [0.2, 0.25) is 0 Å². The maximum atomic E-state index is 13.2. The molecule has 30 heavy (non-hydrogen) atoms. The van der Waals surface area contributed by atoms with E-state index in [1.807, 2.05) is 24.3 Å². The first-order chi connectivity index (χ1) is 14.7. The topological polar surface area (TPSA) is 42.0 Å². The van der Waals surface area contributed by atoms with Crippen LogP contribution in [0.4, 0.5) is 10.1 Å². The number of hydrogen-bond donors (Lipinski definition) is 0. The number of anilines is 1. The minimum atomic E-state index is -0.317. The largest absolute Gasteiger partial charge is 0.493 e. The van der Waals surface area contributed by atoms with E-state index < -0.39 is 0 Å². The van der Waals surface area contributed by atoms with E-state index in [9.17, 15) is 9.18 Å². The maximum absolute atomic E-state index is 13.2. The molecule has 0 bridgehead atoms. The smallest absolute Gasteiger partial charge is 0.258 e. The molecule has 4 rings (SSSR count). The summed E-state index contributed by atoms with van der Waals surface area (Å²) < 4.78 is 24.7. The van der Waals surface area contributed by atoms with Gasteiger partial charge in [-0.25, -0.2) is 4.39 Å². The van der Waals surface area contributed by atoms with E-state index >= 15 is 0 Å².